The summed E-state index contributed by atoms with van der Waals surface area (Å²) < 4.78 is 34.2. The van der Waals surface area contributed by atoms with Crippen molar-refractivity contribution in [2.24, 2.45) is 0 Å². The highest BCUT2D eigenvalue weighted by Gasteiger charge is 2.30. The summed E-state index contributed by atoms with van der Waals surface area (Å²) in [5, 5.41) is 1.97. The van der Waals surface area contributed by atoms with Crippen LogP contribution in [-0.2, 0) is 23.1 Å². The highest BCUT2D eigenvalue weighted by atomic mass is 32.2. The van der Waals surface area contributed by atoms with Gasteiger partial charge in [0.25, 0.3) is 0 Å². The SMILES string of the molecule is Cc1c(C)c(C)c(S(=O)(=O)N(Cc2ccoc2)Cc2cccs2)c(C)c1C. The van der Waals surface area contributed by atoms with Gasteiger partial charge in [-0.2, -0.15) is 4.31 Å². The van der Waals surface area contributed by atoms with Crippen molar-refractivity contribution < 1.29 is 12.8 Å². The molecule has 0 N–H and O–H groups in total. The van der Waals surface area contributed by atoms with Crippen LogP contribution in [0.5, 0.6) is 0 Å². The van der Waals surface area contributed by atoms with Crippen molar-refractivity contribution in [1.29, 1.82) is 0 Å². The van der Waals surface area contributed by atoms with E-state index < -0.39 is 10.0 Å². The lowest BCUT2D eigenvalue weighted by Crippen LogP contribution is -2.31. The van der Waals surface area contributed by atoms with Gasteiger partial charge in [-0.15, -0.1) is 11.3 Å². The summed E-state index contributed by atoms with van der Waals surface area (Å²) in [4.78, 5) is 1.45. The van der Waals surface area contributed by atoms with Gasteiger partial charge in [-0.25, -0.2) is 8.42 Å². The Bertz CT molecular complexity index is 969. The van der Waals surface area contributed by atoms with E-state index in [0.717, 1.165) is 38.3 Å². The van der Waals surface area contributed by atoms with E-state index in [9.17, 15) is 8.42 Å². The van der Waals surface area contributed by atoms with Gasteiger partial charge in [0.1, 0.15) is 0 Å². The third-order valence-corrected chi connectivity index (χ3v) is 8.31. The molecule has 0 unspecified atom stereocenters. The van der Waals surface area contributed by atoms with Gasteiger partial charge < -0.3 is 4.42 Å². The first-order chi connectivity index (χ1) is 12.7. The second-order valence-electron chi connectivity index (χ2n) is 6.94. The Morgan fingerprint density at radius 1 is 0.926 bits per heavy atom. The molecule has 0 amide bonds. The standard InChI is InChI=1S/C21H25NO3S2/c1-14-15(2)17(4)21(18(5)16(14)3)27(23,24)22(11-19-8-9-25-13-19)12-20-7-6-10-26-20/h6-10,13H,11-12H2,1-5H3. The van der Waals surface area contributed by atoms with E-state index in [4.69, 9.17) is 4.42 Å². The molecule has 2 heterocycles. The van der Waals surface area contributed by atoms with Crippen molar-refractivity contribution >= 4 is 21.4 Å². The second-order valence-corrected chi connectivity index (χ2v) is 9.85. The minimum Gasteiger partial charge on any atom is -0.472 e. The van der Waals surface area contributed by atoms with Gasteiger partial charge in [0.15, 0.2) is 0 Å². The van der Waals surface area contributed by atoms with Crippen molar-refractivity contribution in [3.05, 3.63) is 74.4 Å². The molecule has 3 rings (SSSR count). The third-order valence-electron chi connectivity index (χ3n) is 5.38. The number of hydrogen-bond acceptors (Lipinski definition) is 4. The van der Waals surface area contributed by atoms with Crippen LogP contribution in [0.4, 0.5) is 0 Å². The number of thiophene rings is 1. The summed E-state index contributed by atoms with van der Waals surface area (Å²) in [5.41, 5.74) is 5.74. The highest BCUT2D eigenvalue weighted by molar-refractivity contribution is 7.89. The predicted octanol–water partition coefficient (Wildman–Crippen LogP) is 5.27. The monoisotopic (exact) mass is 403 g/mol. The van der Waals surface area contributed by atoms with Crippen molar-refractivity contribution in [3.63, 3.8) is 0 Å². The van der Waals surface area contributed by atoms with Crippen LogP contribution >= 0.6 is 11.3 Å². The zero-order valence-electron chi connectivity index (χ0n) is 16.4. The first-order valence-corrected chi connectivity index (χ1v) is 11.2. The van der Waals surface area contributed by atoms with Crippen molar-refractivity contribution in [1.82, 2.24) is 4.31 Å². The molecule has 2 aromatic heterocycles. The van der Waals surface area contributed by atoms with E-state index in [2.05, 4.69) is 6.92 Å². The Labute approximate surface area is 165 Å². The minimum atomic E-state index is -3.68. The Morgan fingerprint density at radius 2 is 1.56 bits per heavy atom. The van der Waals surface area contributed by atoms with E-state index in [1.807, 2.05) is 51.3 Å². The van der Waals surface area contributed by atoms with E-state index in [0.29, 0.717) is 11.4 Å². The Balaban J connectivity index is 2.13. The third kappa shape index (κ3) is 3.74. The minimum absolute atomic E-state index is 0.279. The van der Waals surface area contributed by atoms with Crippen LogP contribution in [0.2, 0.25) is 0 Å². The maximum atomic E-state index is 13.7. The number of rotatable bonds is 6. The summed E-state index contributed by atoms with van der Waals surface area (Å²) in [6.45, 7) is 10.5. The predicted molar refractivity (Wildman–Crippen MR) is 110 cm³/mol. The zero-order chi connectivity index (χ0) is 19.8. The van der Waals surface area contributed by atoms with Crippen molar-refractivity contribution in [2.75, 3.05) is 0 Å². The summed E-state index contributed by atoms with van der Waals surface area (Å²) in [7, 11) is -3.68. The van der Waals surface area contributed by atoms with Crippen LogP contribution in [0, 0.1) is 34.6 Å². The molecule has 6 heteroatoms. The first kappa shape index (κ1) is 19.9. The molecule has 0 bridgehead atoms. The molecule has 0 aliphatic rings. The summed E-state index contributed by atoms with van der Waals surface area (Å²) in [5.74, 6) is 0. The maximum Gasteiger partial charge on any atom is 0.244 e. The molecule has 3 aromatic rings. The van der Waals surface area contributed by atoms with E-state index in [1.165, 1.54) is 0 Å². The van der Waals surface area contributed by atoms with Gasteiger partial charge in [0.2, 0.25) is 10.0 Å². The molecule has 0 spiro atoms. The van der Waals surface area contributed by atoms with Gasteiger partial charge in [-0.1, -0.05) is 6.07 Å². The maximum absolute atomic E-state index is 13.7. The molecular formula is C21H25NO3S2. The average molecular weight is 404 g/mol. The Hall–Kier alpha value is -1.89. The topological polar surface area (TPSA) is 50.5 Å². The summed E-state index contributed by atoms with van der Waals surface area (Å²) in [6, 6.07) is 5.72. The molecule has 0 aliphatic heterocycles. The van der Waals surface area contributed by atoms with Gasteiger partial charge in [-0.3, -0.25) is 0 Å². The molecule has 0 saturated heterocycles. The van der Waals surface area contributed by atoms with Gasteiger partial charge >= 0.3 is 0 Å². The lowest BCUT2D eigenvalue weighted by Gasteiger charge is -2.25. The normalized spacial score (nSPS) is 12.1. The van der Waals surface area contributed by atoms with Crippen molar-refractivity contribution in [2.45, 2.75) is 52.6 Å². The first-order valence-electron chi connectivity index (χ1n) is 8.84. The van der Waals surface area contributed by atoms with Crippen LogP contribution in [0.25, 0.3) is 0 Å². The number of sulfonamides is 1. The second kappa shape index (κ2) is 7.62. The Kier molecular flexibility index (Phi) is 5.60. The van der Waals surface area contributed by atoms with Gasteiger partial charge in [0.05, 0.1) is 17.4 Å². The molecule has 0 aliphatic carbocycles. The lowest BCUT2D eigenvalue weighted by atomic mass is 9.95. The number of nitrogens with zero attached hydrogens (tertiary/aromatic N) is 1. The highest BCUT2D eigenvalue weighted by Crippen LogP contribution is 2.33. The number of hydrogen-bond donors (Lipinski definition) is 0. The number of benzene rings is 1. The molecule has 1 aromatic carbocycles. The summed E-state index contributed by atoms with van der Waals surface area (Å²) in [6.07, 6.45) is 3.17. The molecular weight excluding hydrogens is 378 g/mol. The van der Waals surface area contributed by atoms with Crippen LogP contribution in [-0.4, -0.2) is 12.7 Å². The molecule has 0 saturated carbocycles. The van der Waals surface area contributed by atoms with Crippen LogP contribution in [0.15, 0.2) is 45.4 Å². The van der Waals surface area contributed by atoms with E-state index >= 15 is 0 Å². The van der Waals surface area contributed by atoms with Crippen LogP contribution in [0.3, 0.4) is 0 Å². The zero-order valence-corrected chi connectivity index (χ0v) is 18.0. The molecule has 4 nitrogen and oxygen atoms in total. The fourth-order valence-electron chi connectivity index (χ4n) is 3.37. The Morgan fingerprint density at radius 3 is 2.07 bits per heavy atom. The van der Waals surface area contributed by atoms with E-state index in [-0.39, 0.29) is 6.54 Å². The summed E-state index contributed by atoms with van der Waals surface area (Å²) >= 11 is 1.56. The smallest absolute Gasteiger partial charge is 0.244 e. The number of furan rings is 1. The quantitative estimate of drug-likeness (QED) is 0.563. The molecule has 27 heavy (non-hydrogen) atoms. The average Bonchev–Trinajstić information content (AvgIpc) is 3.31. The molecule has 0 atom stereocenters. The van der Waals surface area contributed by atoms with Gasteiger partial charge in [0, 0.05) is 23.5 Å². The van der Waals surface area contributed by atoms with Gasteiger partial charge in [-0.05, 0) is 79.9 Å². The fourth-order valence-corrected chi connectivity index (χ4v) is 6.14. The largest absolute Gasteiger partial charge is 0.472 e. The lowest BCUT2D eigenvalue weighted by molar-refractivity contribution is 0.401. The van der Waals surface area contributed by atoms with E-state index in [1.54, 1.807) is 28.2 Å². The van der Waals surface area contributed by atoms with Crippen LogP contribution < -0.4 is 0 Å². The van der Waals surface area contributed by atoms with Crippen LogP contribution in [0.1, 0.15) is 38.3 Å². The molecule has 0 radical (unpaired) electrons. The molecule has 144 valence electrons. The fraction of sp³-hybridized carbons (Fsp3) is 0.333. The molecule has 0 fully saturated rings. The van der Waals surface area contributed by atoms with Crippen molar-refractivity contribution in [3.8, 4) is 0 Å².